The lowest BCUT2D eigenvalue weighted by Gasteiger charge is -2.30. The Hall–Kier alpha value is -1.02. The molecule has 1 fully saturated rings. The van der Waals surface area contributed by atoms with Crippen molar-refractivity contribution in [2.24, 2.45) is 10.9 Å². The summed E-state index contributed by atoms with van der Waals surface area (Å²) in [5, 5.41) is 6.85. The highest BCUT2D eigenvalue weighted by atomic mass is 127. The molecule has 2 heterocycles. The summed E-state index contributed by atoms with van der Waals surface area (Å²) in [6, 6.07) is 6.54. The van der Waals surface area contributed by atoms with Gasteiger partial charge in [0.15, 0.2) is 5.96 Å². The number of piperidine rings is 1. The van der Waals surface area contributed by atoms with Crippen LogP contribution in [0.4, 0.5) is 0 Å². The maximum atomic E-state index is 5.56. The Balaban J connectivity index is 0.00000243. The second-order valence-corrected chi connectivity index (χ2v) is 7.24. The number of ether oxygens (including phenoxy) is 1. The number of guanidine groups is 1. The van der Waals surface area contributed by atoms with Gasteiger partial charge in [0.2, 0.25) is 0 Å². The van der Waals surface area contributed by atoms with Crippen molar-refractivity contribution in [1.29, 1.82) is 0 Å². The van der Waals surface area contributed by atoms with Gasteiger partial charge in [0, 0.05) is 33.1 Å². The number of hydrogen-bond acceptors (Lipinski definition) is 3. The van der Waals surface area contributed by atoms with Crippen LogP contribution in [0.2, 0.25) is 0 Å². The minimum absolute atomic E-state index is 0. The van der Waals surface area contributed by atoms with Crippen molar-refractivity contribution in [2.75, 3.05) is 46.4 Å². The summed E-state index contributed by atoms with van der Waals surface area (Å²) in [6.45, 7) is 8.58. The summed E-state index contributed by atoms with van der Waals surface area (Å²) in [5.74, 6) is 2.85. The highest BCUT2D eigenvalue weighted by molar-refractivity contribution is 14.0. The van der Waals surface area contributed by atoms with Gasteiger partial charge in [0.1, 0.15) is 5.75 Å². The van der Waals surface area contributed by atoms with Gasteiger partial charge >= 0.3 is 0 Å². The standard InChI is InChI=1S/C20H32N4O.HI/c1-16-6-11-24(12-7-16)13-10-23-20(21-2)22-9-5-17-3-4-19-18(15-17)8-14-25-19;/h3-4,15-16H,5-14H2,1-2H3,(H2,21,22,23);1H. The Labute approximate surface area is 175 Å². The molecule has 2 aliphatic heterocycles. The molecule has 2 aliphatic rings. The molecule has 5 nitrogen and oxygen atoms in total. The average molecular weight is 472 g/mol. The first-order valence-electron chi connectivity index (χ1n) is 9.66. The molecule has 3 rings (SSSR count). The number of hydrogen-bond donors (Lipinski definition) is 2. The Kier molecular flexibility index (Phi) is 8.98. The molecule has 146 valence electrons. The fraction of sp³-hybridized carbons (Fsp3) is 0.650. The van der Waals surface area contributed by atoms with Gasteiger partial charge in [0.05, 0.1) is 6.61 Å². The maximum absolute atomic E-state index is 5.56. The lowest BCUT2D eigenvalue weighted by atomic mass is 9.99. The fourth-order valence-electron chi connectivity index (χ4n) is 3.56. The van der Waals surface area contributed by atoms with Gasteiger partial charge in [-0.1, -0.05) is 19.1 Å². The number of likely N-dealkylation sites (tertiary alicyclic amines) is 1. The van der Waals surface area contributed by atoms with Crippen LogP contribution < -0.4 is 15.4 Å². The molecule has 2 N–H and O–H groups in total. The Morgan fingerprint density at radius 1 is 1.23 bits per heavy atom. The number of benzene rings is 1. The van der Waals surface area contributed by atoms with Crippen LogP contribution in [0.1, 0.15) is 30.9 Å². The number of nitrogens with one attached hydrogen (secondary N) is 2. The molecular weight excluding hydrogens is 439 g/mol. The van der Waals surface area contributed by atoms with E-state index < -0.39 is 0 Å². The highest BCUT2D eigenvalue weighted by Crippen LogP contribution is 2.25. The van der Waals surface area contributed by atoms with Crippen LogP contribution in [0.15, 0.2) is 23.2 Å². The minimum atomic E-state index is 0. The zero-order chi connectivity index (χ0) is 17.5. The van der Waals surface area contributed by atoms with Gasteiger partial charge in [-0.3, -0.25) is 4.99 Å². The van der Waals surface area contributed by atoms with Gasteiger partial charge in [-0.05, 0) is 55.5 Å². The molecule has 0 spiro atoms. The van der Waals surface area contributed by atoms with Gasteiger partial charge in [-0.25, -0.2) is 0 Å². The number of halogens is 1. The minimum Gasteiger partial charge on any atom is -0.493 e. The molecule has 0 aliphatic carbocycles. The lowest BCUT2D eigenvalue weighted by Crippen LogP contribution is -2.43. The second-order valence-electron chi connectivity index (χ2n) is 7.24. The lowest BCUT2D eigenvalue weighted by molar-refractivity contribution is 0.195. The van der Waals surface area contributed by atoms with Crippen LogP contribution in [0.3, 0.4) is 0 Å². The van der Waals surface area contributed by atoms with E-state index >= 15 is 0 Å². The molecule has 6 heteroatoms. The molecule has 1 aromatic rings. The summed E-state index contributed by atoms with van der Waals surface area (Å²) in [5.41, 5.74) is 2.70. The molecule has 1 saturated heterocycles. The Bertz CT molecular complexity index is 585. The predicted molar refractivity (Wildman–Crippen MR) is 119 cm³/mol. The van der Waals surface area contributed by atoms with E-state index in [2.05, 4.69) is 45.6 Å². The molecular formula is C20H33IN4O. The van der Waals surface area contributed by atoms with E-state index in [-0.39, 0.29) is 24.0 Å². The van der Waals surface area contributed by atoms with E-state index in [0.717, 1.165) is 56.7 Å². The average Bonchev–Trinajstić information content (AvgIpc) is 3.10. The molecule has 0 bridgehead atoms. The van der Waals surface area contributed by atoms with E-state index in [1.807, 2.05) is 7.05 Å². The first-order valence-corrected chi connectivity index (χ1v) is 9.66. The fourth-order valence-corrected chi connectivity index (χ4v) is 3.56. The number of nitrogens with zero attached hydrogens (tertiary/aromatic N) is 2. The van der Waals surface area contributed by atoms with E-state index in [0.29, 0.717) is 0 Å². The quantitative estimate of drug-likeness (QED) is 0.380. The first kappa shape index (κ1) is 21.3. The summed E-state index contributed by atoms with van der Waals surface area (Å²) in [4.78, 5) is 6.88. The van der Waals surface area contributed by atoms with E-state index in [1.165, 1.54) is 37.1 Å². The summed E-state index contributed by atoms with van der Waals surface area (Å²) in [6.07, 6.45) is 4.70. The van der Waals surface area contributed by atoms with Crippen molar-refractivity contribution < 1.29 is 4.74 Å². The van der Waals surface area contributed by atoms with Crippen molar-refractivity contribution in [3.8, 4) is 5.75 Å². The van der Waals surface area contributed by atoms with E-state index in [1.54, 1.807) is 0 Å². The molecule has 0 atom stereocenters. The van der Waals surface area contributed by atoms with Crippen molar-refractivity contribution in [2.45, 2.75) is 32.6 Å². The maximum Gasteiger partial charge on any atom is 0.191 e. The zero-order valence-corrected chi connectivity index (χ0v) is 18.4. The third-order valence-corrected chi connectivity index (χ3v) is 5.28. The number of aliphatic imine (C=N–C) groups is 1. The SMILES string of the molecule is CN=C(NCCc1ccc2c(c1)CCO2)NCCN1CCC(C)CC1.I. The molecule has 1 aromatic carbocycles. The smallest absolute Gasteiger partial charge is 0.191 e. The second kappa shape index (κ2) is 11.0. The predicted octanol–water partition coefficient (Wildman–Crippen LogP) is 2.68. The highest BCUT2D eigenvalue weighted by Gasteiger charge is 2.15. The first-order chi connectivity index (χ1) is 12.2. The van der Waals surface area contributed by atoms with Crippen LogP contribution in [-0.2, 0) is 12.8 Å². The van der Waals surface area contributed by atoms with Crippen molar-refractivity contribution in [3.63, 3.8) is 0 Å². The Morgan fingerprint density at radius 3 is 2.77 bits per heavy atom. The summed E-state index contributed by atoms with van der Waals surface area (Å²) >= 11 is 0. The third kappa shape index (κ3) is 6.30. The normalized spacial score (nSPS) is 18.0. The van der Waals surface area contributed by atoms with Gasteiger partial charge in [-0.15, -0.1) is 24.0 Å². The number of fused-ring (bicyclic) bond motifs is 1. The van der Waals surface area contributed by atoms with Gasteiger partial charge < -0.3 is 20.3 Å². The largest absolute Gasteiger partial charge is 0.493 e. The molecule has 26 heavy (non-hydrogen) atoms. The van der Waals surface area contributed by atoms with Crippen molar-refractivity contribution in [1.82, 2.24) is 15.5 Å². The molecule has 0 saturated carbocycles. The van der Waals surface area contributed by atoms with Crippen LogP contribution in [0.5, 0.6) is 5.75 Å². The van der Waals surface area contributed by atoms with Crippen molar-refractivity contribution >= 4 is 29.9 Å². The molecule has 0 radical (unpaired) electrons. The van der Waals surface area contributed by atoms with Crippen LogP contribution in [0.25, 0.3) is 0 Å². The third-order valence-electron chi connectivity index (χ3n) is 5.28. The molecule has 0 aromatic heterocycles. The molecule has 0 amide bonds. The zero-order valence-electron chi connectivity index (χ0n) is 16.1. The van der Waals surface area contributed by atoms with Crippen LogP contribution in [-0.4, -0.2) is 57.2 Å². The Morgan fingerprint density at radius 2 is 2.00 bits per heavy atom. The topological polar surface area (TPSA) is 48.9 Å². The summed E-state index contributed by atoms with van der Waals surface area (Å²) < 4.78 is 5.56. The van der Waals surface area contributed by atoms with Crippen LogP contribution in [0, 0.1) is 5.92 Å². The van der Waals surface area contributed by atoms with Crippen LogP contribution >= 0.6 is 24.0 Å². The van der Waals surface area contributed by atoms with E-state index in [4.69, 9.17) is 4.74 Å². The van der Waals surface area contributed by atoms with Gasteiger partial charge in [-0.2, -0.15) is 0 Å². The monoisotopic (exact) mass is 472 g/mol. The molecule has 0 unspecified atom stereocenters. The van der Waals surface area contributed by atoms with Crippen molar-refractivity contribution in [3.05, 3.63) is 29.3 Å². The van der Waals surface area contributed by atoms with E-state index in [9.17, 15) is 0 Å². The summed E-state index contributed by atoms with van der Waals surface area (Å²) in [7, 11) is 1.84. The number of rotatable bonds is 6. The van der Waals surface area contributed by atoms with Gasteiger partial charge in [0.25, 0.3) is 0 Å².